The third kappa shape index (κ3) is 2.42. The summed E-state index contributed by atoms with van der Waals surface area (Å²) in [5.41, 5.74) is 2.47. The maximum absolute atomic E-state index is 10.2. The highest BCUT2D eigenvalue weighted by Crippen LogP contribution is 2.28. The van der Waals surface area contributed by atoms with Gasteiger partial charge in [0.05, 0.1) is 11.2 Å². The minimum atomic E-state index is 0.228. The molecule has 1 heterocycles. The van der Waals surface area contributed by atoms with Crippen LogP contribution in [0.25, 0.3) is 21.7 Å². The van der Waals surface area contributed by atoms with Crippen LogP contribution in [0.3, 0.4) is 0 Å². The number of fused-ring (bicyclic) bond motifs is 2. The molecule has 0 bridgehead atoms. The average molecular weight is 298 g/mol. The van der Waals surface area contributed by atoms with Gasteiger partial charge in [0.1, 0.15) is 5.75 Å². The van der Waals surface area contributed by atoms with Gasteiger partial charge in [-0.25, -0.2) is 0 Å². The molecule has 0 amide bonds. The third-order valence-electron chi connectivity index (χ3n) is 3.90. The van der Waals surface area contributed by atoms with Crippen molar-refractivity contribution in [2.24, 2.45) is 4.99 Å². The number of phenolic OH excluding ortho intramolecular Hbond substituents is 1. The predicted octanol–water partition coefficient (Wildman–Crippen LogP) is 4.84. The van der Waals surface area contributed by atoms with Gasteiger partial charge in [0, 0.05) is 23.4 Å². The minimum Gasteiger partial charge on any atom is -0.507 e. The van der Waals surface area contributed by atoms with E-state index < -0.39 is 0 Å². The van der Waals surface area contributed by atoms with Crippen molar-refractivity contribution in [3.8, 4) is 5.75 Å². The Bertz CT molecular complexity index is 1030. The van der Waals surface area contributed by atoms with Crippen LogP contribution in [0.15, 0.2) is 77.9 Å². The first-order valence-electron chi connectivity index (χ1n) is 7.41. The molecular weight excluding hydrogens is 284 g/mol. The molecule has 0 atom stereocenters. The second kappa shape index (κ2) is 5.54. The standard InChI is InChI=1S/C20H14N2O/c23-20-11-10-14-5-1-2-6-15(14)17(20)13-22-19-9-3-8-18-16(19)7-4-12-21-18/h1-13,23H. The van der Waals surface area contributed by atoms with Gasteiger partial charge in [0.15, 0.2) is 0 Å². The van der Waals surface area contributed by atoms with Crippen LogP contribution >= 0.6 is 0 Å². The van der Waals surface area contributed by atoms with Crippen molar-refractivity contribution in [3.63, 3.8) is 0 Å². The topological polar surface area (TPSA) is 45.5 Å². The molecule has 0 aliphatic heterocycles. The highest BCUT2D eigenvalue weighted by Gasteiger charge is 2.05. The lowest BCUT2D eigenvalue weighted by molar-refractivity contribution is 0.475. The van der Waals surface area contributed by atoms with Crippen LogP contribution in [0.2, 0.25) is 0 Å². The van der Waals surface area contributed by atoms with E-state index in [-0.39, 0.29) is 5.75 Å². The Morgan fingerprint density at radius 2 is 1.70 bits per heavy atom. The summed E-state index contributed by atoms with van der Waals surface area (Å²) < 4.78 is 0. The number of benzene rings is 3. The number of nitrogens with zero attached hydrogens (tertiary/aromatic N) is 2. The van der Waals surface area contributed by atoms with Crippen molar-refractivity contribution >= 4 is 33.6 Å². The van der Waals surface area contributed by atoms with Crippen LogP contribution in [0.4, 0.5) is 5.69 Å². The number of rotatable bonds is 2. The first-order valence-corrected chi connectivity index (χ1v) is 7.41. The molecular formula is C20H14N2O. The summed E-state index contributed by atoms with van der Waals surface area (Å²) in [7, 11) is 0. The summed E-state index contributed by atoms with van der Waals surface area (Å²) in [6.07, 6.45) is 3.49. The van der Waals surface area contributed by atoms with E-state index in [1.54, 1.807) is 18.5 Å². The van der Waals surface area contributed by atoms with E-state index >= 15 is 0 Å². The van der Waals surface area contributed by atoms with Crippen molar-refractivity contribution in [1.29, 1.82) is 0 Å². The zero-order valence-electron chi connectivity index (χ0n) is 12.3. The van der Waals surface area contributed by atoms with E-state index in [2.05, 4.69) is 9.98 Å². The third-order valence-corrected chi connectivity index (χ3v) is 3.90. The lowest BCUT2D eigenvalue weighted by Gasteiger charge is -2.05. The van der Waals surface area contributed by atoms with E-state index in [0.717, 1.165) is 32.9 Å². The van der Waals surface area contributed by atoms with Crippen LogP contribution < -0.4 is 0 Å². The predicted molar refractivity (Wildman–Crippen MR) is 94.6 cm³/mol. The molecule has 4 rings (SSSR count). The van der Waals surface area contributed by atoms with Gasteiger partial charge in [-0.1, -0.05) is 36.4 Å². The molecule has 0 radical (unpaired) electrons. The fourth-order valence-corrected chi connectivity index (χ4v) is 2.75. The number of aromatic nitrogens is 1. The van der Waals surface area contributed by atoms with E-state index in [9.17, 15) is 5.11 Å². The number of aromatic hydroxyl groups is 1. The molecule has 1 aromatic heterocycles. The molecule has 0 aliphatic rings. The summed E-state index contributed by atoms with van der Waals surface area (Å²) in [5, 5.41) is 13.2. The number of hydrogen-bond donors (Lipinski definition) is 1. The average Bonchev–Trinajstić information content (AvgIpc) is 2.61. The van der Waals surface area contributed by atoms with Crippen molar-refractivity contribution in [2.75, 3.05) is 0 Å². The van der Waals surface area contributed by atoms with Crippen LogP contribution in [-0.4, -0.2) is 16.3 Å². The van der Waals surface area contributed by atoms with Gasteiger partial charge in [-0.2, -0.15) is 0 Å². The van der Waals surface area contributed by atoms with E-state index in [1.807, 2.05) is 60.7 Å². The summed E-state index contributed by atoms with van der Waals surface area (Å²) in [6.45, 7) is 0. The Labute approximate surface area is 133 Å². The van der Waals surface area contributed by atoms with Gasteiger partial charge < -0.3 is 5.11 Å². The van der Waals surface area contributed by atoms with Gasteiger partial charge in [-0.15, -0.1) is 0 Å². The Hall–Kier alpha value is -3.20. The smallest absolute Gasteiger partial charge is 0.124 e. The highest BCUT2D eigenvalue weighted by molar-refractivity contribution is 6.04. The van der Waals surface area contributed by atoms with Crippen molar-refractivity contribution in [2.45, 2.75) is 0 Å². The maximum atomic E-state index is 10.2. The van der Waals surface area contributed by atoms with E-state index in [1.165, 1.54) is 0 Å². The summed E-state index contributed by atoms with van der Waals surface area (Å²) >= 11 is 0. The second-order valence-corrected chi connectivity index (χ2v) is 5.32. The Morgan fingerprint density at radius 1 is 0.826 bits per heavy atom. The Balaban J connectivity index is 1.87. The molecule has 0 aliphatic carbocycles. The first-order chi connectivity index (χ1) is 11.3. The van der Waals surface area contributed by atoms with Gasteiger partial charge >= 0.3 is 0 Å². The number of aliphatic imine (C=N–C) groups is 1. The zero-order valence-corrected chi connectivity index (χ0v) is 12.3. The zero-order chi connectivity index (χ0) is 15.6. The fraction of sp³-hybridized carbons (Fsp3) is 0. The number of phenols is 1. The van der Waals surface area contributed by atoms with Gasteiger partial charge in [0.25, 0.3) is 0 Å². The molecule has 23 heavy (non-hydrogen) atoms. The van der Waals surface area contributed by atoms with Crippen molar-refractivity contribution < 1.29 is 5.11 Å². The molecule has 110 valence electrons. The second-order valence-electron chi connectivity index (χ2n) is 5.32. The SMILES string of the molecule is Oc1ccc2ccccc2c1C=Nc1cccc2ncccc12. The van der Waals surface area contributed by atoms with E-state index in [0.29, 0.717) is 0 Å². The molecule has 0 saturated heterocycles. The summed E-state index contributed by atoms with van der Waals surface area (Å²) in [4.78, 5) is 8.93. The molecule has 0 unspecified atom stereocenters. The molecule has 3 heteroatoms. The number of pyridine rings is 1. The normalized spacial score (nSPS) is 11.5. The van der Waals surface area contributed by atoms with Crippen molar-refractivity contribution in [1.82, 2.24) is 4.98 Å². The molecule has 4 aromatic rings. The Kier molecular flexibility index (Phi) is 3.24. The van der Waals surface area contributed by atoms with Crippen LogP contribution in [0.5, 0.6) is 5.75 Å². The molecule has 0 fully saturated rings. The summed E-state index contributed by atoms with van der Waals surface area (Å²) in [6, 6.07) is 21.3. The molecule has 3 nitrogen and oxygen atoms in total. The summed E-state index contributed by atoms with van der Waals surface area (Å²) in [5.74, 6) is 0.228. The Morgan fingerprint density at radius 3 is 2.65 bits per heavy atom. The lowest BCUT2D eigenvalue weighted by Crippen LogP contribution is -1.86. The fourth-order valence-electron chi connectivity index (χ4n) is 2.75. The quantitative estimate of drug-likeness (QED) is 0.538. The molecule has 0 saturated carbocycles. The van der Waals surface area contributed by atoms with Gasteiger partial charge in [0.2, 0.25) is 0 Å². The first kappa shape index (κ1) is 13.5. The van der Waals surface area contributed by atoms with Crippen LogP contribution in [0.1, 0.15) is 5.56 Å². The van der Waals surface area contributed by atoms with Crippen molar-refractivity contribution in [3.05, 3.63) is 78.5 Å². The monoisotopic (exact) mass is 298 g/mol. The molecule has 0 spiro atoms. The lowest BCUT2D eigenvalue weighted by atomic mass is 10.0. The molecule has 3 aromatic carbocycles. The largest absolute Gasteiger partial charge is 0.507 e. The highest BCUT2D eigenvalue weighted by atomic mass is 16.3. The molecule has 1 N–H and O–H groups in total. The maximum Gasteiger partial charge on any atom is 0.124 e. The van der Waals surface area contributed by atoms with Gasteiger partial charge in [-0.05, 0) is 41.1 Å². The minimum absolute atomic E-state index is 0.228. The van der Waals surface area contributed by atoms with Crippen LogP contribution in [-0.2, 0) is 0 Å². The van der Waals surface area contributed by atoms with E-state index in [4.69, 9.17) is 0 Å². The van der Waals surface area contributed by atoms with Gasteiger partial charge in [-0.3, -0.25) is 9.98 Å². The van der Waals surface area contributed by atoms with Crippen LogP contribution in [0, 0.1) is 0 Å². The number of hydrogen-bond acceptors (Lipinski definition) is 3.